The summed E-state index contributed by atoms with van der Waals surface area (Å²) in [5.74, 6) is 1.32. The second kappa shape index (κ2) is 7.66. The molecule has 1 aromatic heterocycles. The van der Waals surface area contributed by atoms with Gasteiger partial charge in [-0.2, -0.15) is 0 Å². The lowest BCUT2D eigenvalue weighted by Crippen LogP contribution is -2.30. The van der Waals surface area contributed by atoms with Gasteiger partial charge in [-0.1, -0.05) is 6.07 Å². The Balaban J connectivity index is 1.64. The number of nitrogens with one attached hydrogen (secondary N) is 1. The number of thiol groups is 1. The first-order valence-corrected chi connectivity index (χ1v) is 8.24. The first-order chi connectivity index (χ1) is 11.3. The van der Waals surface area contributed by atoms with Gasteiger partial charge in [-0.15, -0.1) is 12.6 Å². The second-order valence-corrected chi connectivity index (χ2v) is 6.13. The molecule has 1 aromatic carbocycles. The molecule has 0 atom stereocenters. The van der Waals surface area contributed by atoms with Crippen LogP contribution in [-0.2, 0) is 0 Å². The van der Waals surface area contributed by atoms with E-state index in [2.05, 4.69) is 27.9 Å². The van der Waals surface area contributed by atoms with E-state index < -0.39 is 0 Å². The van der Waals surface area contributed by atoms with Crippen LogP contribution in [0.25, 0.3) is 11.1 Å². The molecule has 0 bridgehead atoms. The molecule has 2 aromatic rings. The van der Waals surface area contributed by atoms with Gasteiger partial charge in [0.15, 0.2) is 0 Å². The molecule has 1 fully saturated rings. The molecular formula is C17H21N3O2S. The number of piperidine rings is 1. The highest BCUT2D eigenvalue weighted by Crippen LogP contribution is 2.29. The van der Waals surface area contributed by atoms with E-state index in [4.69, 9.17) is 9.47 Å². The lowest BCUT2D eigenvalue weighted by Gasteiger charge is -2.21. The fourth-order valence-corrected chi connectivity index (χ4v) is 2.87. The van der Waals surface area contributed by atoms with E-state index in [9.17, 15) is 0 Å². The van der Waals surface area contributed by atoms with Gasteiger partial charge in [0.05, 0.1) is 13.7 Å². The van der Waals surface area contributed by atoms with Crippen LogP contribution in [0, 0.1) is 5.92 Å². The molecule has 1 N–H and O–H groups in total. The number of ether oxygens (including phenoxy) is 2. The van der Waals surface area contributed by atoms with Gasteiger partial charge in [-0.05, 0) is 49.5 Å². The molecule has 0 aliphatic carbocycles. The van der Waals surface area contributed by atoms with Crippen LogP contribution in [-0.4, -0.2) is 36.8 Å². The number of rotatable bonds is 5. The zero-order chi connectivity index (χ0) is 16.1. The van der Waals surface area contributed by atoms with Crippen molar-refractivity contribution in [1.29, 1.82) is 0 Å². The van der Waals surface area contributed by atoms with Gasteiger partial charge in [0.25, 0.3) is 0 Å². The van der Waals surface area contributed by atoms with Crippen molar-refractivity contribution >= 4 is 12.6 Å². The zero-order valence-corrected chi connectivity index (χ0v) is 14.1. The van der Waals surface area contributed by atoms with Gasteiger partial charge in [-0.3, -0.25) is 0 Å². The van der Waals surface area contributed by atoms with Gasteiger partial charge >= 0.3 is 6.01 Å². The van der Waals surface area contributed by atoms with Crippen molar-refractivity contribution in [2.24, 2.45) is 5.92 Å². The molecule has 0 spiro atoms. The molecule has 23 heavy (non-hydrogen) atoms. The van der Waals surface area contributed by atoms with E-state index in [1.807, 2.05) is 18.2 Å². The molecule has 1 aliphatic rings. The fraction of sp³-hybridized carbons (Fsp3) is 0.412. The van der Waals surface area contributed by atoms with Crippen LogP contribution >= 0.6 is 12.6 Å². The molecule has 0 saturated carbocycles. The third-order valence-electron chi connectivity index (χ3n) is 4.05. The third-order valence-corrected chi connectivity index (χ3v) is 4.42. The van der Waals surface area contributed by atoms with Gasteiger partial charge < -0.3 is 14.8 Å². The molecular weight excluding hydrogens is 310 g/mol. The van der Waals surface area contributed by atoms with Crippen molar-refractivity contribution in [3.8, 4) is 22.9 Å². The van der Waals surface area contributed by atoms with Crippen LogP contribution in [0.1, 0.15) is 12.8 Å². The molecule has 1 saturated heterocycles. The van der Waals surface area contributed by atoms with Crippen molar-refractivity contribution in [1.82, 2.24) is 15.3 Å². The smallest absolute Gasteiger partial charge is 0.316 e. The first-order valence-electron chi connectivity index (χ1n) is 7.79. The van der Waals surface area contributed by atoms with E-state index in [1.165, 1.54) is 0 Å². The Bertz CT molecular complexity index is 643. The van der Waals surface area contributed by atoms with Crippen molar-refractivity contribution in [3.63, 3.8) is 0 Å². The van der Waals surface area contributed by atoms with Crippen molar-refractivity contribution in [2.75, 3.05) is 26.8 Å². The lowest BCUT2D eigenvalue weighted by atomic mass is 9.99. The number of aromatic nitrogens is 2. The number of benzene rings is 1. The standard InChI is InChI=1S/C17H21N3O2S/c1-21-15-8-13(2-3-16(15)23)14-9-19-17(20-10-14)22-11-12-4-6-18-7-5-12/h2-3,8-10,12,18,23H,4-7,11H2,1H3. The summed E-state index contributed by atoms with van der Waals surface area (Å²) in [5, 5.41) is 3.35. The van der Waals surface area contributed by atoms with E-state index in [0.717, 1.165) is 47.7 Å². The molecule has 5 nitrogen and oxygen atoms in total. The van der Waals surface area contributed by atoms with E-state index in [0.29, 0.717) is 18.5 Å². The van der Waals surface area contributed by atoms with E-state index >= 15 is 0 Å². The largest absolute Gasteiger partial charge is 0.496 e. The van der Waals surface area contributed by atoms with Crippen LogP contribution in [0.5, 0.6) is 11.8 Å². The summed E-state index contributed by atoms with van der Waals surface area (Å²) in [7, 11) is 1.63. The van der Waals surface area contributed by atoms with Crippen molar-refractivity contribution in [3.05, 3.63) is 30.6 Å². The number of nitrogens with zero attached hydrogens (tertiary/aromatic N) is 2. The summed E-state index contributed by atoms with van der Waals surface area (Å²) in [6, 6.07) is 6.24. The highest BCUT2D eigenvalue weighted by molar-refractivity contribution is 7.80. The Morgan fingerprint density at radius 1 is 1.17 bits per heavy atom. The Labute approximate surface area is 141 Å². The Morgan fingerprint density at radius 3 is 2.61 bits per heavy atom. The number of hydrogen-bond donors (Lipinski definition) is 2. The van der Waals surface area contributed by atoms with Crippen molar-refractivity contribution < 1.29 is 9.47 Å². The van der Waals surface area contributed by atoms with Crippen LogP contribution in [0.3, 0.4) is 0 Å². The van der Waals surface area contributed by atoms with Gasteiger partial charge in [0.1, 0.15) is 5.75 Å². The van der Waals surface area contributed by atoms with Gasteiger partial charge in [0.2, 0.25) is 0 Å². The minimum Gasteiger partial charge on any atom is -0.496 e. The average Bonchev–Trinajstić information content (AvgIpc) is 2.62. The average molecular weight is 331 g/mol. The van der Waals surface area contributed by atoms with Crippen LogP contribution < -0.4 is 14.8 Å². The minimum absolute atomic E-state index is 0.435. The molecule has 0 amide bonds. The van der Waals surface area contributed by atoms with Gasteiger partial charge in [0, 0.05) is 22.9 Å². The molecule has 0 unspecified atom stereocenters. The Kier molecular flexibility index (Phi) is 5.35. The highest BCUT2D eigenvalue weighted by atomic mass is 32.1. The number of hydrogen-bond acceptors (Lipinski definition) is 6. The maximum Gasteiger partial charge on any atom is 0.316 e. The minimum atomic E-state index is 0.435. The van der Waals surface area contributed by atoms with Crippen LogP contribution in [0.4, 0.5) is 0 Å². The van der Waals surface area contributed by atoms with E-state index in [1.54, 1.807) is 19.5 Å². The summed E-state index contributed by atoms with van der Waals surface area (Å²) in [4.78, 5) is 9.42. The quantitative estimate of drug-likeness (QED) is 0.825. The van der Waals surface area contributed by atoms with Crippen LogP contribution in [0.15, 0.2) is 35.5 Å². The highest BCUT2D eigenvalue weighted by Gasteiger charge is 2.14. The SMILES string of the molecule is COc1cc(-c2cnc(OCC3CCNCC3)nc2)ccc1S. The summed E-state index contributed by atoms with van der Waals surface area (Å²) in [6.07, 6.45) is 5.84. The third kappa shape index (κ3) is 4.14. The second-order valence-electron chi connectivity index (χ2n) is 5.65. The molecule has 2 heterocycles. The predicted octanol–water partition coefficient (Wildman–Crippen LogP) is 2.82. The topological polar surface area (TPSA) is 56.3 Å². The van der Waals surface area contributed by atoms with Gasteiger partial charge in [-0.25, -0.2) is 9.97 Å². The maximum absolute atomic E-state index is 5.71. The summed E-state index contributed by atoms with van der Waals surface area (Å²) in [6.45, 7) is 2.82. The first kappa shape index (κ1) is 16.1. The summed E-state index contributed by atoms with van der Waals surface area (Å²) >= 11 is 4.35. The number of methoxy groups -OCH3 is 1. The predicted molar refractivity (Wildman–Crippen MR) is 92.4 cm³/mol. The molecule has 3 rings (SSSR count). The van der Waals surface area contributed by atoms with Crippen LogP contribution in [0.2, 0.25) is 0 Å². The Hall–Kier alpha value is -1.79. The molecule has 1 aliphatic heterocycles. The van der Waals surface area contributed by atoms with E-state index in [-0.39, 0.29) is 0 Å². The zero-order valence-electron chi connectivity index (χ0n) is 13.2. The maximum atomic E-state index is 5.71. The summed E-state index contributed by atoms with van der Waals surface area (Å²) in [5.41, 5.74) is 1.91. The molecule has 0 radical (unpaired) electrons. The fourth-order valence-electron chi connectivity index (χ4n) is 2.64. The molecule has 6 heteroatoms. The lowest BCUT2D eigenvalue weighted by molar-refractivity contribution is 0.202. The molecule has 122 valence electrons. The Morgan fingerprint density at radius 2 is 1.91 bits per heavy atom. The van der Waals surface area contributed by atoms with Crippen molar-refractivity contribution in [2.45, 2.75) is 17.7 Å². The summed E-state index contributed by atoms with van der Waals surface area (Å²) < 4.78 is 11.0. The normalized spacial score (nSPS) is 15.4. The monoisotopic (exact) mass is 331 g/mol.